The summed E-state index contributed by atoms with van der Waals surface area (Å²) in [5, 5.41) is 17.2. The van der Waals surface area contributed by atoms with Crippen LogP contribution >= 0.6 is 11.3 Å². The number of fused-ring (bicyclic) bond motifs is 1. The molecule has 0 unspecified atom stereocenters. The van der Waals surface area contributed by atoms with Crippen LogP contribution in [-0.4, -0.2) is 45.1 Å². The normalized spacial score (nSPS) is 12.3. The van der Waals surface area contributed by atoms with Crippen molar-refractivity contribution in [2.45, 2.75) is 52.3 Å². The van der Waals surface area contributed by atoms with Crippen molar-refractivity contribution >= 4 is 27.5 Å². The SMILES string of the molecule is CCNC(=O)C(C)(C)n1c(=O)c2c(C)c(-n3cccn3)sc2n(C[C@H](OCCC#N)c2ccccc2OC)c1=O. The summed E-state index contributed by atoms with van der Waals surface area (Å²) in [7, 11) is 1.55. The van der Waals surface area contributed by atoms with Gasteiger partial charge in [-0.05, 0) is 39.8 Å². The quantitative estimate of drug-likeness (QED) is 0.277. The van der Waals surface area contributed by atoms with Crippen LogP contribution in [-0.2, 0) is 21.6 Å². The molecule has 4 rings (SSSR count). The van der Waals surface area contributed by atoms with Crippen LogP contribution in [0, 0.1) is 18.3 Å². The molecule has 3 heterocycles. The number of rotatable bonds is 11. The Kier molecular flexibility index (Phi) is 8.56. The molecule has 40 heavy (non-hydrogen) atoms. The van der Waals surface area contributed by atoms with Crippen molar-refractivity contribution in [2.75, 3.05) is 20.3 Å². The minimum absolute atomic E-state index is 0.00535. The van der Waals surface area contributed by atoms with Gasteiger partial charge in [0.1, 0.15) is 27.2 Å². The first-order chi connectivity index (χ1) is 19.2. The molecular formula is C28H32N6O5S. The smallest absolute Gasteiger partial charge is 0.333 e. The summed E-state index contributed by atoms with van der Waals surface area (Å²) >= 11 is 1.26. The zero-order valence-electron chi connectivity index (χ0n) is 23.1. The van der Waals surface area contributed by atoms with Gasteiger partial charge in [0.2, 0.25) is 5.91 Å². The number of aromatic nitrogens is 4. The first kappa shape index (κ1) is 28.8. The number of nitrogens with zero attached hydrogens (tertiary/aromatic N) is 5. The summed E-state index contributed by atoms with van der Waals surface area (Å²) in [5.74, 6) is 0.108. The van der Waals surface area contributed by atoms with E-state index in [1.54, 1.807) is 64.0 Å². The lowest BCUT2D eigenvalue weighted by atomic mass is 10.0. The van der Waals surface area contributed by atoms with Crippen LogP contribution in [0.2, 0.25) is 0 Å². The summed E-state index contributed by atoms with van der Waals surface area (Å²) in [4.78, 5) is 41.7. The molecule has 0 fully saturated rings. The van der Waals surface area contributed by atoms with E-state index in [-0.39, 0.29) is 19.6 Å². The number of likely N-dealkylation sites (N-methyl/N-ethyl adjacent to an activating group) is 1. The molecule has 1 amide bonds. The number of amides is 1. The van der Waals surface area contributed by atoms with E-state index < -0.39 is 28.8 Å². The van der Waals surface area contributed by atoms with Gasteiger partial charge in [-0.3, -0.25) is 14.2 Å². The van der Waals surface area contributed by atoms with Gasteiger partial charge in [0.05, 0.1) is 38.1 Å². The molecule has 1 aromatic carbocycles. The number of aryl methyl sites for hydroxylation is 1. The number of methoxy groups -OCH3 is 1. The third-order valence-corrected chi connectivity index (χ3v) is 8.02. The number of para-hydroxylation sites is 1. The number of carbonyl (C=O) groups excluding carboxylic acids is 1. The highest BCUT2D eigenvalue weighted by Crippen LogP contribution is 2.34. The van der Waals surface area contributed by atoms with E-state index in [1.165, 1.54) is 15.9 Å². The Balaban J connectivity index is 2.02. The van der Waals surface area contributed by atoms with Crippen LogP contribution in [0.25, 0.3) is 15.2 Å². The van der Waals surface area contributed by atoms with Gasteiger partial charge in [0.25, 0.3) is 5.56 Å². The summed E-state index contributed by atoms with van der Waals surface area (Å²) in [6.45, 7) is 7.15. The predicted octanol–water partition coefficient (Wildman–Crippen LogP) is 3.27. The van der Waals surface area contributed by atoms with Crippen LogP contribution in [0.1, 0.15) is 44.4 Å². The number of thiophene rings is 1. The highest BCUT2D eigenvalue weighted by Gasteiger charge is 2.35. The highest BCUT2D eigenvalue weighted by atomic mass is 32.1. The lowest BCUT2D eigenvalue weighted by molar-refractivity contribution is -0.128. The van der Waals surface area contributed by atoms with Gasteiger partial charge in [0, 0.05) is 30.1 Å². The molecule has 0 aliphatic rings. The van der Waals surface area contributed by atoms with Crippen molar-refractivity contribution in [2.24, 2.45) is 0 Å². The molecule has 4 aromatic rings. The van der Waals surface area contributed by atoms with E-state index in [9.17, 15) is 14.4 Å². The molecular weight excluding hydrogens is 532 g/mol. The Hall–Kier alpha value is -4.21. The molecule has 1 N–H and O–H groups in total. The summed E-state index contributed by atoms with van der Waals surface area (Å²) in [6.07, 6.45) is 2.86. The lowest BCUT2D eigenvalue weighted by Crippen LogP contribution is -2.55. The minimum atomic E-state index is -1.48. The van der Waals surface area contributed by atoms with Gasteiger partial charge in [-0.25, -0.2) is 14.0 Å². The molecule has 0 spiro atoms. The second kappa shape index (κ2) is 11.9. The third kappa shape index (κ3) is 5.17. The number of ether oxygens (including phenoxy) is 2. The predicted molar refractivity (Wildman–Crippen MR) is 152 cm³/mol. The van der Waals surface area contributed by atoms with Gasteiger partial charge in [0.15, 0.2) is 0 Å². The number of nitrogens with one attached hydrogen (secondary N) is 1. The van der Waals surface area contributed by atoms with E-state index >= 15 is 0 Å². The zero-order valence-corrected chi connectivity index (χ0v) is 23.9. The van der Waals surface area contributed by atoms with Crippen LogP contribution < -0.4 is 21.3 Å². The summed E-state index contributed by atoms with van der Waals surface area (Å²) < 4.78 is 15.8. The van der Waals surface area contributed by atoms with Crippen LogP contribution in [0.3, 0.4) is 0 Å². The highest BCUT2D eigenvalue weighted by molar-refractivity contribution is 7.21. The molecule has 210 valence electrons. The average molecular weight is 565 g/mol. The van der Waals surface area contributed by atoms with Crippen molar-refractivity contribution < 1.29 is 14.3 Å². The molecule has 0 radical (unpaired) electrons. The number of carbonyl (C=O) groups is 1. The van der Waals surface area contributed by atoms with E-state index in [2.05, 4.69) is 16.5 Å². The molecule has 3 aromatic heterocycles. The Morgan fingerprint density at radius 1 is 1.25 bits per heavy atom. The Morgan fingerprint density at radius 3 is 2.65 bits per heavy atom. The fourth-order valence-electron chi connectivity index (χ4n) is 4.66. The molecule has 0 saturated heterocycles. The molecule has 0 saturated carbocycles. The molecule has 0 aliphatic carbocycles. The molecule has 0 bridgehead atoms. The molecule has 11 nitrogen and oxygen atoms in total. The van der Waals surface area contributed by atoms with Crippen LogP contribution in [0.4, 0.5) is 0 Å². The maximum atomic E-state index is 14.2. The van der Waals surface area contributed by atoms with Gasteiger partial charge in [-0.15, -0.1) is 0 Å². The lowest BCUT2D eigenvalue weighted by Gasteiger charge is -2.27. The maximum Gasteiger partial charge on any atom is 0.333 e. The Bertz CT molecular complexity index is 1680. The first-order valence-corrected chi connectivity index (χ1v) is 13.7. The van der Waals surface area contributed by atoms with Crippen molar-refractivity contribution in [3.63, 3.8) is 0 Å². The minimum Gasteiger partial charge on any atom is -0.496 e. The van der Waals surface area contributed by atoms with Gasteiger partial charge >= 0.3 is 5.69 Å². The average Bonchev–Trinajstić information content (AvgIpc) is 3.58. The van der Waals surface area contributed by atoms with Gasteiger partial charge in [-0.2, -0.15) is 10.4 Å². The third-order valence-electron chi connectivity index (χ3n) is 6.72. The van der Waals surface area contributed by atoms with Crippen LogP contribution in [0.5, 0.6) is 5.75 Å². The summed E-state index contributed by atoms with van der Waals surface area (Å²) in [6, 6.07) is 11.1. The number of nitriles is 1. The number of hydrogen-bond acceptors (Lipinski definition) is 8. The fourth-order valence-corrected chi connectivity index (χ4v) is 5.91. The van der Waals surface area contributed by atoms with Gasteiger partial charge < -0.3 is 14.8 Å². The first-order valence-electron chi connectivity index (χ1n) is 12.9. The van der Waals surface area contributed by atoms with Crippen molar-refractivity contribution in [3.05, 3.63) is 74.7 Å². The second-order valence-electron chi connectivity index (χ2n) is 9.62. The fraction of sp³-hybridized carbons (Fsp3) is 0.393. The standard InChI is InChI=1S/C28H32N6O5S/c1-6-30-26(36)28(3,4)34-23(35)22-18(2)24(33-15-10-14-31-33)40-25(22)32(27(34)37)17-21(39-16-9-13-29)19-11-7-8-12-20(19)38-5/h7-8,10-12,14-15,21H,6,9,16-17H2,1-5H3,(H,30,36)/t21-/m0/s1. The Labute approximate surface area is 235 Å². The topological polar surface area (TPSA) is 133 Å². The van der Waals surface area contributed by atoms with E-state index in [4.69, 9.17) is 14.7 Å². The van der Waals surface area contributed by atoms with Crippen molar-refractivity contribution in [3.8, 4) is 16.8 Å². The number of benzene rings is 1. The van der Waals surface area contributed by atoms with E-state index in [1.807, 2.05) is 18.2 Å². The largest absolute Gasteiger partial charge is 0.496 e. The van der Waals surface area contributed by atoms with Crippen molar-refractivity contribution in [1.82, 2.24) is 24.2 Å². The number of hydrogen-bond donors (Lipinski definition) is 1. The maximum absolute atomic E-state index is 14.2. The second-order valence-corrected chi connectivity index (χ2v) is 10.6. The van der Waals surface area contributed by atoms with Crippen LogP contribution in [0.15, 0.2) is 52.3 Å². The molecule has 12 heteroatoms. The monoisotopic (exact) mass is 564 g/mol. The summed E-state index contributed by atoms with van der Waals surface area (Å²) in [5.41, 5.74) is -1.36. The zero-order chi connectivity index (χ0) is 29.0. The van der Waals surface area contributed by atoms with E-state index in [0.717, 1.165) is 4.57 Å². The molecule has 0 aliphatic heterocycles. The molecule has 1 atom stereocenters. The van der Waals surface area contributed by atoms with Gasteiger partial charge in [-0.1, -0.05) is 29.5 Å². The van der Waals surface area contributed by atoms with Crippen molar-refractivity contribution in [1.29, 1.82) is 5.26 Å². The Morgan fingerprint density at radius 2 is 2.00 bits per heavy atom. The van der Waals surface area contributed by atoms with E-state index in [0.29, 0.717) is 38.6 Å².